The van der Waals surface area contributed by atoms with Gasteiger partial charge in [-0.2, -0.15) is 0 Å². The summed E-state index contributed by atoms with van der Waals surface area (Å²) in [5, 5.41) is 0. The number of nitrogens with one attached hydrogen (secondary N) is 2. The zero-order valence-electron chi connectivity index (χ0n) is 20.3. The highest BCUT2D eigenvalue weighted by molar-refractivity contribution is 5.90. The summed E-state index contributed by atoms with van der Waals surface area (Å²) in [4.78, 5) is 16.5. The fraction of sp³-hybridized carbons (Fsp3) is 0.0625. The van der Waals surface area contributed by atoms with Crippen LogP contribution >= 0.6 is 0 Å². The number of hydrogen-bond donors (Lipinski definition) is 2. The third-order valence-electron chi connectivity index (χ3n) is 6.50. The predicted octanol–water partition coefficient (Wildman–Crippen LogP) is 7.43. The summed E-state index contributed by atoms with van der Waals surface area (Å²) >= 11 is 0. The van der Waals surface area contributed by atoms with Crippen molar-refractivity contribution in [2.24, 2.45) is 9.98 Å². The van der Waals surface area contributed by atoms with Crippen molar-refractivity contribution in [2.75, 3.05) is 0 Å². The standard InChI is InChI=1S/C32H26N4/c1-21-7-11-23(12-8-21)31(27-5-3-19-33-27)29-17-15-25(35-29)26-16-18-30(36-26)32(28-6-4-20-34-28)24-13-9-22(2)10-14-24/h3-20,35-36H,1-2H3/b31-27-,32-28-. The van der Waals surface area contributed by atoms with Crippen LogP contribution in [-0.2, 0) is 0 Å². The van der Waals surface area contributed by atoms with Crippen LogP contribution in [0.3, 0.4) is 0 Å². The maximum atomic E-state index is 4.59. The van der Waals surface area contributed by atoms with E-state index >= 15 is 0 Å². The molecule has 4 aromatic rings. The second kappa shape index (κ2) is 9.16. The van der Waals surface area contributed by atoms with Gasteiger partial charge in [0.05, 0.1) is 22.8 Å². The summed E-state index contributed by atoms with van der Waals surface area (Å²) in [6.07, 6.45) is 11.7. The largest absolute Gasteiger partial charge is 0.353 e. The Bertz CT molecular complexity index is 1460. The van der Waals surface area contributed by atoms with Crippen molar-refractivity contribution < 1.29 is 0 Å². The number of rotatable bonds is 5. The smallest absolute Gasteiger partial charge is 0.0729 e. The summed E-state index contributed by atoms with van der Waals surface area (Å²) in [5.74, 6) is 0. The SMILES string of the molecule is Cc1ccc(/C(=C2\C=CC=N2)c2ccc(-c3ccc(/C(=C4/C=CC=N4)c4ccc(C)cc4)[nH]3)[nH]2)cc1. The lowest BCUT2D eigenvalue weighted by atomic mass is 9.99. The molecule has 0 radical (unpaired) electrons. The van der Waals surface area contributed by atoms with Crippen LogP contribution in [0, 0.1) is 13.8 Å². The van der Waals surface area contributed by atoms with Gasteiger partial charge in [-0.1, -0.05) is 59.7 Å². The molecule has 0 fully saturated rings. The van der Waals surface area contributed by atoms with Gasteiger partial charge in [0, 0.05) is 35.0 Å². The van der Waals surface area contributed by atoms with Crippen molar-refractivity contribution in [3.05, 3.63) is 142 Å². The second-order valence-electron chi connectivity index (χ2n) is 9.10. The van der Waals surface area contributed by atoms with Gasteiger partial charge >= 0.3 is 0 Å². The van der Waals surface area contributed by atoms with Crippen LogP contribution < -0.4 is 0 Å². The van der Waals surface area contributed by atoms with E-state index in [-0.39, 0.29) is 0 Å². The first-order valence-electron chi connectivity index (χ1n) is 12.1. The van der Waals surface area contributed by atoms with E-state index in [2.05, 4.69) is 119 Å². The molecule has 0 aliphatic carbocycles. The number of aliphatic imine (C=N–C) groups is 2. The zero-order valence-corrected chi connectivity index (χ0v) is 20.3. The Hall–Kier alpha value is -4.70. The van der Waals surface area contributed by atoms with Crippen molar-refractivity contribution in [3.63, 3.8) is 0 Å². The molecule has 36 heavy (non-hydrogen) atoms. The molecule has 0 amide bonds. The molecule has 174 valence electrons. The van der Waals surface area contributed by atoms with Crippen LogP contribution in [0.1, 0.15) is 33.6 Å². The van der Waals surface area contributed by atoms with Gasteiger partial charge in [0.1, 0.15) is 0 Å². The van der Waals surface area contributed by atoms with Gasteiger partial charge in [-0.25, -0.2) is 0 Å². The lowest BCUT2D eigenvalue weighted by Gasteiger charge is -2.10. The van der Waals surface area contributed by atoms with E-state index in [1.165, 1.54) is 11.1 Å². The molecule has 0 unspecified atom stereocenters. The van der Waals surface area contributed by atoms with E-state index < -0.39 is 0 Å². The second-order valence-corrected chi connectivity index (χ2v) is 9.10. The molecule has 0 bridgehead atoms. The highest BCUT2D eigenvalue weighted by Crippen LogP contribution is 2.33. The normalized spacial score (nSPS) is 16.8. The van der Waals surface area contributed by atoms with Gasteiger partial charge in [0.15, 0.2) is 0 Å². The summed E-state index contributed by atoms with van der Waals surface area (Å²) in [5.41, 5.74) is 12.9. The molecule has 2 aliphatic rings. The van der Waals surface area contributed by atoms with E-state index in [9.17, 15) is 0 Å². The van der Waals surface area contributed by atoms with Crippen LogP contribution in [0.2, 0.25) is 0 Å². The third kappa shape index (κ3) is 4.14. The van der Waals surface area contributed by atoms with Crippen molar-refractivity contribution in [1.29, 1.82) is 0 Å². The third-order valence-corrected chi connectivity index (χ3v) is 6.50. The Morgan fingerprint density at radius 1 is 0.528 bits per heavy atom. The average molecular weight is 467 g/mol. The first kappa shape index (κ1) is 21.8. The molecule has 4 nitrogen and oxygen atoms in total. The quantitative estimate of drug-likeness (QED) is 0.307. The molecule has 4 heteroatoms. The summed E-state index contributed by atoms with van der Waals surface area (Å²) in [6.45, 7) is 4.21. The Balaban J connectivity index is 1.39. The number of allylic oxidation sites excluding steroid dienone is 4. The fourth-order valence-electron chi connectivity index (χ4n) is 4.62. The van der Waals surface area contributed by atoms with E-state index in [1.54, 1.807) is 0 Å². The number of aryl methyl sites for hydroxylation is 2. The lowest BCUT2D eigenvalue weighted by Crippen LogP contribution is -1.93. The van der Waals surface area contributed by atoms with Gasteiger partial charge in [-0.3, -0.25) is 9.98 Å². The molecule has 2 aromatic heterocycles. The highest BCUT2D eigenvalue weighted by atomic mass is 14.8. The molecule has 0 saturated carbocycles. The number of H-pyrrole nitrogens is 2. The minimum atomic E-state index is 0.955. The van der Waals surface area contributed by atoms with E-state index in [4.69, 9.17) is 0 Å². The molecule has 6 rings (SSSR count). The summed E-state index contributed by atoms with van der Waals surface area (Å²) < 4.78 is 0. The van der Waals surface area contributed by atoms with Crippen LogP contribution in [-0.4, -0.2) is 22.4 Å². The average Bonchev–Trinajstić information content (AvgIpc) is 3.70. The van der Waals surface area contributed by atoms with Gasteiger partial charge in [-0.05, 0) is 73.5 Å². The topological polar surface area (TPSA) is 56.3 Å². The molecule has 0 saturated heterocycles. The van der Waals surface area contributed by atoms with Crippen LogP contribution in [0.5, 0.6) is 0 Å². The molecule has 2 aliphatic heterocycles. The van der Waals surface area contributed by atoms with Gasteiger partial charge < -0.3 is 9.97 Å². The van der Waals surface area contributed by atoms with E-state index in [0.29, 0.717) is 0 Å². The molecule has 2 aromatic carbocycles. The first-order chi connectivity index (χ1) is 17.7. The van der Waals surface area contributed by atoms with Crippen LogP contribution in [0.15, 0.2) is 118 Å². The molecule has 0 spiro atoms. The Morgan fingerprint density at radius 3 is 1.31 bits per heavy atom. The minimum Gasteiger partial charge on any atom is -0.353 e. The van der Waals surface area contributed by atoms with E-state index in [0.717, 1.165) is 56.4 Å². The minimum absolute atomic E-state index is 0.955. The number of aromatic amines is 2. The Labute approximate surface area is 210 Å². The van der Waals surface area contributed by atoms with Crippen LogP contribution in [0.4, 0.5) is 0 Å². The van der Waals surface area contributed by atoms with Crippen LogP contribution in [0.25, 0.3) is 22.5 Å². The van der Waals surface area contributed by atoms with Gasteiger partial charge in [0.2, 0.25) is 0 Å². The molecule has 2 N–H and O–H groups in total. The first-order valence-corrected chi connectivity index (χ1v) is 12.1. The maximum Gasteiger partial charge on any atom is 0.0729 e. The Kier molecular flexibility index (Phi) is 5.55. The molecule has 0 atom stereocenters. The molecular formula is C32H26N4. The number of hydrogen-bond acceptors (Lipinski definition) is 2. The monoisotopic (exact) mass is 466 g/mol. The Morgan fingerprint density at radius 2 is 0.944 bits per heavy atom. The predicted molar refractivity (Wildman–Crippen MR) is 150 cm³/mol. The van der Waals surface area contributed by atoms with Crippen molar-refractivity contribution in [1.82, 2.24) is 9.97 Å². The number of benzene rings is 2. The van der Waals surface area contributed by atoms with E-state index in [1.807, 2.05) is 24.6 Å². The summed E-state index contributed by atoms with van der Waals surface area (Å²) in [7, 11) is 0. The summed E-state index contributed by atoms with van der Waals surface area (Å²) in [6, 6.07) is 25.7. The number of nitrogens with zero attached hydrogens (tertiary/aromatic N) is 2. The van der Waals surface area contributed by atoms with Crippen molar-refractivity contribution >= 4 is 23.6 Å². The highest BCUT2D eigenvalue weighted by Gasteiger charge is 2.17. The maximum absolute atomic E-state index is 4.59. The van der Waals surface area contributed by atoms with Crippen molar-refractivity contribution in [3.8, 4) is 11.4 Å². The fourth-order valence-corrected chi connectivity index (χ4v) is 4.62. The lowest BCUT2D eigenvalue weighted by molar-refractivity contribution is 1.26. The molecule has 4 heterocycles. The molecular weight excluding hydrogens is 440 g/mol. The van der Waals surface area contributed by atoms with Gasteiger partial charge in [0.25, 0.3) is 0 Å². The zero-order chi connectivity index (χ0) is 24.5. The van der Waals surface area contributed by atoms with Gasteiger partial charge in [-0.15, -0.1) is 0 Å². The van der Waals surface area contributed by atoms with Crippen molar-refractivity contribution in [2.45, 2.75) is 13.8 Å². The number of aromatic nitrogens is 2.